The topological polar surface area (TPSA) is 14.2 Å². The lowest BCUT2D eigenvalue weighted by Gasteiger charge is -2.31. The quantitative estimate of drug-likeness (QED) is 0.648. The largest absolute Gasteiger partial charge is 0.362 e. The van der Waals surface area contributed by atoms with Gasteiger partial charge in [-0.15, -0.1) is 0 Å². The molecule has 3 aromatic rings. The fraction of sp³-hybridized carbons (Fsp3) is 0.333. The van der Waals surface area contributed by atoms with Crippen LogP contribution in [0.3, 0.4) is 0 Å². The summed E-state index contributed by atoms with van der Waals surface area (Å²) in [6.07, 6.45) is 1.31. The van der Waals surface area contributed by atoms with Crippen LogP contribution >= 0.6 is 0 Å². The zero-order valence-electron chi connectivity index (χ0n) is 14.0. The minimum atomic E-state index is 0.0251. The smallest absolute Gasteiger partial charge is 0.123 e. The zero-order chi connectivity index (χ0) is 16.0. The molecule has 0 radical (unpaired) electrons. The average molecular weight is 305 g/mol. The summed E-state index contributed by atoms with van der Waals surface area (Å²) in [5.41, 5.74) is 6.60. The molecule has 0 spiro atoms. The number of hydrogen-bond donors (Lipinski definition) is 0. The van der Waals surface area contributed by atoms with Gasteiger partial charge in [0.25, 0.3) is 0 Å². The fourth-order valence-corrected chi connectivity index (χ4v) is 3.79. The Morgan fingerprint density at radius 1 is 1.09 bits per heavy atom. The molecule has 2 aromatic carbocycles. The lowest BCUT2D eigenvalue weighted by Crippen LogP contribution is -2.29. The minimum absolute atomic E-state index is 0.0251. The first kappa shape index (κ1) is 14.5. The lowest BCUT2D eigenvalue weighted by molar-refractivity contribution is -0.0146. The van der Waals surface area contributed by atoms with E-state index in [9.17, 15) is 0 Å². The first-order chi connectivity index (χ1) is 11.2. The Morgan fingerprint density at radius 2 is 1.83 bits per heavy atom. The highest BCUT2D eigenvalue weighted by Crippen LogP contribution is 2.39. The third-order valence-electron chi connectivity index (χ3n) is 5.02. The lowest BCUT2D eigenvalue weighted by atomic mass is 9.99. The van der Waals surface area contributed by atoms with Gasteiger partial charge < -0.3 is 9.30 Å². The van der Waals surface area contributed by atoms with E-state index >= 15 is 0 Å². The molecule has 0 saturated carbocycles. The first-order valence-electron chi connectivity index (χ1n) is 8.51. The van der Waals surface area contributed by atoms with E-state index < -0.39 is 0 Å². The summed E-state index contributed by atoms with van der Waals surface area (Å²) >= 11 is 0. The second kappa shape index (κ2) is 5.54. The Morgan fingerprint density at radius 3 is 2.57 bits per heavy atom. The minimum Gasteiger partial charge on any atom is -0.362 e. The predicted molar refractivity (Wildman–Crippen MR) is 94.9 cm³/mol. The number of para-hydroxylation sites is 1. The van der Waals surface area contributed by atoms with Crippen molar-refractivity contribution < 1.29 is 4.74 Å². The first-order valence-corrected chi connectivity index (χ1v) is 8.51. The Hall–Kier alpha value is -2.06. The Bertz CT molecular complexity index is 844. The number of rotatable bonds is 2. The van der Waals surface area contributed by atoms with Gasteiger partial charge in [0, 0.05) is 17.4 Å². The number of fused-ring (bicyclic) bond motifs is 3. The summed E-state index contributed by atoms with van der Waals surface area (Å²) in [6, 6.07) is 17.6. The summed E-state index contributed by atoms with van der Waals surface area (Å²) in [5, 5.41) is 1.34. The van der Waals surface area contributed by atoms with Crippen LogP contribution in [0.5, 0.6) is 0 Å². The van der Waals surface area contributed by atoms with Gasteiger partial charge in [0.2, 0.25) is 0 Å². The highest BCUT2D eigenvalue weighted by atomic mass is 16.5. The van der Waals surface area contributed by atoms with Crippen LogP contribution in [0.25, 0.3) is 10.9 Å². The molecular formula is C21H23NO. The van der Waals surface area contributed by atoms with Crippen molar-refractivity contribution in [1.82, 2.24) is 4.57 Å². The van der Waals surface area contributed by atoms with E-state index in [-0.39, 0.29) is 12.2 Å². The molecule has 4 rings (SSSR count). The molecule has 1 aliphatic rings. The highest BCUT2D eigenvalue weighted by Gasteiger charge is 2.30. The zero-order valence-corrected chi connectivity index (χ0v) is 14.0. The number of nitrogens with zero attached hydrogens (tertiary/aromatic N) is 1. The summed E-state index contributed by atoms with van der Waals surface area (Å²) < 4.78 is 8.82. The van der Waals surface area contributed by atoms with Crippen LogP contribution in [-0.2, 0) is 17.7 Å². The van der Waals surface area contributed by atoms with Crippen LogP contribution in [0.15, 0.2) is 48.5 Å². The number of ether oxygens (including phenoxy) is 1. The molecule has 0 unspecified atom stereocenters. The van der Waals surface area contributed by atoms with E-state index in [2.05, 4.69) is 73.9 Å². The van der Waals surface area contributed by atoms with Gasteiger partial charge in [-0.2, -0.15) is 0 Å². The number of benzene rings is 2. The van der Waals surface area contributed by atoms with Crippen molar-refractivity contribution in [2.45, 2.75) is 45.9 Å². The van der Waals surface area contributed by atoms with Gasteiger partial charge in [-0.1, -0.05) is 49.4 Å². The molecule has 23 heavy (non-hydrogen) atoms. The standard InChI is InChI=1S/C21H23NO/c1-4-16-9-11-17(12-10-16)21-20-15(3)18-7-5-6-8-19(18)22(20)13-14(2)23-21/h5-12,14,21H,4,13H2,1-3H3/t14-,21+/m0/s1. The van der Waals surface area contributed by atoms with Crippen molar-refractivity contribution in [3.63, 3.8) is 0 Å². The van der Waals surface area contributed by atoms with E-state index in [4.69, 9.17) is 4.74 Å². The van der Waals surface area contributed by atoms with Crippen molar-refractivity contribution in [3.8, 4) is 0 Å². The third kappa shape index (κ3) is 2.29. The Labute approximate surface area is 137 Å². The molecule has 2 atom stereocenters. The molecule has 0 bridgehead atoms. The van der Waals surface area contributed by atoms with E-state index in [1.807, 2.05) is 0 Å². The Balaban J connectivity index is 1.90. The summed E-state index contributed by atoms with van der Waals surface area (Å²) in [4.78, 5) is 0. The molecule has 0 amide bonds. The van der Waals surface area contributed by atoms with Crippen molar-refractivity contribution in [1.29, 1.82) is 0 Å². The molecular weight excluding hydrogens is 282 g/mol. The molecule has 2 heterocycles. The summed E-state index contributed by atoms with van der Waals surface area (Å²) in [5.74, 6) is 0. The van der Waals surface area contributed by atoms with Gasteiger partial charge in [-0.3, -0.25) is 0 Å². The normalized spacial score (nSPS) is 20.7. The maximum absolute atomic E-state index is 6.36. The predicted octanol–water partition coefficient (Wildman–Crippen LogP) is 5.02. The molecule has 1 aromatic heterocycles. The van der Waals surface area contributed by atoms with Gasteiger partial charge in [0.15, 0.2) is 0 Å². The number of aryl methyl sites for hydroxylation is 2. The number of hydrogen-bond acceptors (Lipinski definition) is 1. The molecule has 2 heteroatoms. The maximum atomic E-state index is 6.36. The Kier molecular flexibility index (Phi) is 3.50. The van der Waals surface area contributed by atoms with Crippen molar-refractivity contribution in [2.75, 3.05) is 0 Å². The van der Waals surface area contributed by atoms with Crippen LogP contribution in [0.1, 0.15) is 42.3 Å². The number of aromatic nitrogens is 1. The van der Waals surface area contributed by atoms with E-state index in [0.717, 1.165) is 13.0 Å². The summed E-state index contributed by atoms with van der Waals surface area (Å²) in [6.45, 7) is 7.50. The molecule has 0 fully saturated rings. The van der Waals surface area contributed by atoms with Gasteiger partial charge in [-0.05, 0) is 43.0 Å². The monoisotopic (exact) mass is 305 g/mol. The van der Waals surface area contributed by atoms with Crippen molar-refractivity contribution in [2.24, 2.45) is 0 Å². The van der Waals surface area contributed by atoms with Gasteiger partial charge in [0.1, 0.15) is 6.10 Å². The molecule has 0 aliphatic carbocycles. The maximum Gasteiger partial charge on any atom is 0.123 e. The summed E-state index contributed by atoms with van der Waals surface area (Å²) in [7, 11) is 0. The molecule has 1 aliphatic heterocycles. The van der Waals surface area contributed by atoms with Gasteiger partial charge in [0.05, 0.1) is 11.8 Å². The average Bonchev–Trinajstić information content (AvgIpc) is 2.87. The van der Waals surface area contributed by atoms with Gasteiger partial charge in [-0.25, -0.2) is 0 Å². The van der Waals surface area contributed by atoms with E-state index in [1.165, 1.54) is 33.3 Å². The van der Waals surface area contributed by atoms with Crippen molar-refractivity contribution >= 4 is 10.9 Å². The fourth-order valence-electron chi connectivity index (χ4n) is 3.79. The highest BCUT2D eigenvalue weighted by molar-refractivity contribution is 5.85. The van der Waals surface area contributed by atoms with E-state index in [0.29, 0.717) is 0 Å². The second-order valence-electron chi connectivity index (χ2n) is 6.56. The second-order valence-corrected chi connectivity index (χ2v) is 6.56. The molecule has 2 nitrogen and oxygen atoms in total. The van der Waals surface area contributed by atoms with Crippen LogP contribution in [-0.4, -0.2) is 10.7 Å². The van der Waals surface area contributed by atoms with Crippen LogP contribution in [0.4, 0.5) is 0 Å². The van der Waals surface area contributed by atoms with Crippen LogP contribution < -0.4 is 0 Å². The van der Waals surface area contributed by atoms with Crippen LogP contribution in [0.2, 0.25) is 0 Å². The van der Waals surface area contributed by atoms with E-state index in [1.54, 1.807) is 0 Å². The molecule has 118 valence electrons. The third-order valence-corrected chi connectivity index (χ3v) is 5.02. The SMILES string of the molecule is CCc1ccc([C@H]2O[C@@H](C)Cn3c2c(C)c2ccccc23)cc1. The van der Waals surface area contributed by atoms with Gasteiger partial charge >= 0.3 is 0 Å². The molecule has 0 N–H and O–H groups in total. The molecule has 0 saturated heterocycles. The van der Waals surface area contributed by atoms with Crippen molar-refractivity contribution in [3.05, 3.63) is 70.9 Å². The van der Waals surface area contributed by atoms with Crippen LogP contribution in [0, 0.1) is 6.92 Å².